The molecule has 1 fully saturated rings. The van der Waals surface area contributed by atoms with Crippen LogP contribution < -0.4 is 11.1 Å². The van der Waals surface area contributed by atoms with E-state index in [0.717, 1.165) is 44.5 Å². The van der Waals surface area contributed by atoms with Crippen LogP contribution in [0, 0.1) is 5.92 Å². The summed E-state index contributed by atoms with van der Waals surface area (Å²) in [6.45, 7) is 3.88. The molecule has 3 N–H and O–H groups in total. The van der Waals surface area contributed by atoms with Crippen LogP contribution in [0.2, 0.25) is 0 Å². The van der Waals surface area contributed by atoms with Crippen molar-refractivity contribution in [3.05, 3.63) is 35.4 Å². The van der Waals surface area contributed by atoms with E-state index in [4.69, 9.17) is 10.5 Å². The Hall–Kier alpha value is -1.92. The number of nitrogens with zero attached hydrogens (tertiary/aromatic N) is 1. The van der Waals surface area contributed by atoms with Crippen molar-refractivity contribution in [1.82, 2.24) is 10.2 Å². The first-order valence-electron chi connectivity index (χ1n) is 8.51. The van der Waals surface area contributed by atoms with Gasteiger partial charge < -0.3 is 20.7 Å². The number of amides is 1. The van der Waals surface area contributed by atoms with Crippen molar-refractivity contribution in [2.45, 2.75) is 25.8 Å². The van der Waals surface area contributed by atoms with Crippen molar-refractivity contribution < 1.29 is 14.3 Å². The lowest BCUT2D eigenvalue weighted by Crippen LogP contribution is -2.38. The van der Waals surface area contributed by atoms with Crippen LogP contribution >= 0.6 is 0 Å². The average Bonchev–Trinajstić information content (AvgIpc) is 2.65. The van der Waals surface area contributed by atoms with Gasteiger partial charge in [-0.15, -0.1) is 0 Å². The SMILES string of the molecule is COC(=O)C1CCN(CCCNC(=O)c2ccc(CN)cc2)CC1. The van der Waals surface area contributed by atoms with E-state index >= 15 is 0 Å². The number of likely N-dealkylation sites (tertiary alicyclic amines) is 1. The Bertz CT molecular complexity index is 537. The number of methoxy groups -OCH3 is 1. The van der Waals surface area contributed by atoms with Crippen molar-refractivity contribution in [2.24, 2.45) is 11.7 Å². The van der Waals surface area contributed by atoms with Gasteiger partial charge in [-0.05, 0) is 56.6 Å². The highest BCUT2D eigenvalue weighted by molar-refractivity contribution is 5.94. The molecule has 0 radical (unpaired) electrons. The first kappa shape index (κ1) is 18.4. The number of ether oxygens (including phenoxy) is 1. The molecule has 132 valence electrons. The van der Waals surface area contributed by atoms with E-state index in [1.165, 1.54) is 7.11 Å². The summed E-state index contributed by atoms with van der Waals surface area (Å²) in [6, 6.07) is 7.35. The third kappa shape index (κ3) is 5.32. The third-order valence-electron chi connectivity index (χ3n) is 4.51. The fraction of sp³-hybridized carbons (Fsp3) is 0.556. The molecule has 1 heterocycles. The number of nitrogens with two attached hydrogens (primary N) is 1. The van der Waals surface area contributed by atoms with E-state index in [1.54, 1.807) is 12.1 Å². The first-order chi connectivity index (χ1) is 11.6. The minimum atomic E-state index is -0.0948. The van der Waals surface area contributed by atoms with Gasteiger partial charge in [0.05, 0.1) is 13.0 Å². The van der Waals surface area contributed by atoms with Gasteiger partial charge in [0.15, 0.2) is 0 Å². The second-order valence-corrected chi connectivity index (χ2v) is 6.15. The standard InChI is InChI=1S/C18H27N3O3/c1-24-18(23)16-7-11-21(12-8-16)10-2-9-20-17(22)15-5-3-14(13-19)4-6-15/h3-6,16H,2,7-13,19H2,1H3,(H,20,22). The molecular weight excluding hydrogens is 306 g/mol. The largest absolute Gasteiger partial charge is 0.469 e. The number of carbonyl (C=O) groups is 2. The van der Waals surface area contributed by atoms with Crippen LogP contribution in [0.1, 0.15) is 35.2 Å². The van der Waals surface area contributed by atoms with Gasteiger partial charge in [0.1, 0.15) is 0 Å². The molecule has 0 bridgehead atoms. The van der Waals surface area contributed by atoms with Crippen LogP contribution in [-0.4, -0.2) is 50.1 Å². The van der Waals surface area contributed by atoms with Crippen LogP contribution in [0.25, 0.3) is 0 Å². The molecule has 0 atom stereocenters. The van der Waals surface area contributed by atoms with Gasteiger partial charge in [-0.1, -0.05) is 12.1 Å². The molecule has 0 spiro atoms. The molecule has 0 unspecified atom stereocenters. The van der Waals surface area contributed by atoms with Gasteiger partial charge >= 0.3 is 5.97 Å². The van der Waals surface area contributed by atoms with E-state index in [2.05, 4.69) is 10.2 Å². The van der Waals surface area contributed by atoms with E-state index in [-0.39, 0.29) is 17.8 Å². The van der Waals surface area contributed by atoms with Gasteiger partial charge in [-0.25, -0.2) is 0 Å². The predicted octanol–water partition coefficient (Wildman–Crippen LogP) is 1.15. The van der Waals surface area contributed by atoms with Crippen LogP contribution in [-0.2, 0) is 16.1 Å². The third-order valence-corrected chi connectivity index (χ3v) is 4.51. The quantitative estimate of drug-likeness (QED) is 0.578. The maximum atomic E-state index is 12.0. The highest BCUT2D eigenvalue weighted by atomic mass is 16.5. The average molecular weight is 333 g/mol. The highest BCUT2D eigenvalue weighted by Gasteiger charge is 2.25. The zero-order valence-corrected chi connectivity index (χ0v) is 14.3. The van der Waals surface area contributed by atoms with Crippen molar-refractivity contribution in [1.29, 1.82) is 0 Å². The number of carbonyl (C=O) groups excluding carboxylic acids is 2. The lowest BCUT2D eigenvalue weighted by Gasteiger charge is -2.30. The molecule has 1 aliphatic rings. The Morgan fingerprint density at radius 2 is 1.92 bits per heavy atom. The fourth-order valence-corrected chi connectivity index (χ4v) is 2.96. The summed E-state index contributed by atoms with van der Waals surface area (Å²) >= 11 is 0. The van der Waals surface area contributed by atoms with E-state index in [0.29, 0.717) is 18.7 Å². The molecule has 24 heavy (non-hydrogen) atoms. The zero-order valence-electron chi connectivity index (χ0n) is 14.3. The molecule has 1 saturated heterocycles. The molecule has 0 saturated carbocycles. The second kappa shape index (κ2) is 9.39. The highest BCUT2D eigenvalue weighted by Crippen LogP contribution is 2.18. The van der Waals surface area contributed by atoms with Crippen molar-refractivity contribution in [3.63, 3.8) is 0 Å². The lowest BCUT2D eigenvalue weighted by molar-refractivity contribution is -0.147. The molecule has 1 aromatic rings. The fourth-order valence-electron chi connectivity index (χ4n) is 2.96. The second-order valence-electron chi connectivity index (χ2n) is 6.15. The number of hydrogen-bond donors (Lipinski definition) is 2. The van der Waals surface area contributed by atoms with E-state index in [9.17, 15) is 9.59 Å². The summed E-state index contributed by atoms with van der Waals surface area (Å²) in [5.41, 5.74) is 7.22. The molecule has 1 amide bonds. The van der Waals surface area contributed by atoms with Gasteiger partial charge in [-0.2, -0.15) is 0 Å². The molecule has 0 aliphatic carbocycles. The molecule has 2 rings (SSSR count). The van der Waals surface area contributed by atoms with Crippen molar-refractivity contribution in [2.75, 3.05) is 33.3 Å². The molecule has 6 nitrogen and oxygen atoms in total. The van der Waals surface area contributed by atoms with Crippen LogP contribution in [0.5, 0.6) is 0 Å². The van der Waals surface area contributed by atoms with Gasteiger partial charge in [0.2, 0.25) is 0 Å². The normalized spacial score (nSPS) is 15.9. The molecule has 1 aliphatic heterocycles. The maximum Gasteiger partial charge on any atom is 0.308 e. The Labute approximate surface area is 143 Å². The molecule has 0 aromatic heterocycles. The number of benzene rings is 1. The topological polar surface area (TPSA) is 84.7 Å². The Balaban J connectivity index is 1.62. The molecular formula is C18H27N3O3. The molecule has 1 aromatic carbocycles. The summed E-state index contributed by atoms with van der Waals surface area (Å²) in [5.74, 6) is -0.104. The zero-order chi connectivity index (χ0) is 17.4. The van der Waals surface area contributed by atoms with Crippen LogP contribution in [0.3, 0.4) is 0 Å². The van der Waals surface area contributed by atoms with Crippen molar-refractivity contribution >= 4 is 11.9 Å². The van der Waals surface area contributed by atoms with E-state index < -0.39 is 0 Å². The maximum absolute atomic E-state index is 12.0. The van der Waals surface area contributed by atoms with Gasteiger partial charge in [0.25, 0.3) is 5.91 Å². The number of rotatable bonds is 7. The summed E-state index contributed by atoms with van der Waals surface area (Å²) < 4.78 is 4.79. The van der Waals surface area contributed by atoms with Crippen LogP contribution in [0.15, 0.2) is 24.3 Å². The van der Waals surface area contributed by atoms with Crippen LogP contribution in [0.4, 0.5) is 0 Å². The molecule has 6 heteroatoms. The monoisotopic (exact) mass is 333 g/mol. The van der Waals surface area contributed by atoms with Gasteiger partial charge in [-0.3, -0.25) is 9.59 Å². The van der Waals surface area contributed by atoms with Crippen molar-refractivity contribution in [3.8, 4) is 0 Å². The number of hydrogen-bond acceptors (Lipinski definition) is 5. The lowest BCUT2D eigenvalue weighted by atomic mass is 9.97. The summed E-state index contributed by atoms with van der Waals surface area (Å²) in [6.07, 6.45) is 2.61. The Kier molecular flexibility index (Phi) is 7.21. The van der Waals surface area contributed by atoms with E-state index in [1.807, 2.05) is 12.1 Å². The number of esters is 1. The predicted molar refractivity (Wildman–Crippen MR) is 92.5 cm³/mol. The Morgan fingerprint density at radius 3 is 2.50 bits per heavy atom. The minimum absolute atomic E-state index is 0.0439. The summed E-state index contributed by atoms with van der Waals surface area (Å²) in [4.78, 5) is 25.9. The summed E-state index contributed by atoms with van der Waals surface area (Å²) in [5, 5.41) is 2.94. The summed E-state index contributed by atoms with van der Waals surface area (Å²) in [7, 11) is 1.45. The Morgan fingerprint density at radius 1 is 1.25 bits per heavy atom. The smallest absolute Gasteiger partial charge is 0.308 e. The van der Waals surface area contributed by atoms with Gasteiger partial charge in [0, 0.05) is 18.7 Å². The number of nitrogens with one attached hydrogen (secondary N) is 1. The minimum Gasteiger partial charge on any atom is -0.469 e. The first-order valence-corrected chi connectivity index (χ1v) is 8.51. The number of piperidine rings is 1.